The minimum Gasteiger partial charge on any atom is -0.496 e. The van der Waals surface area contributed by atoms with E-state index in [1.807, 2.05) is 42.5 Å². The number of benzene rings is 2. The molecule has 0 amide bonds. The smallest absolute Gasteiger partial charge is 0.212 e. The molecule has 1 aromatic heterocycles. The predicted molar refractivity (Wildman–Crippen MR) is 77.2 cm³/mol. The highest BCUT2D eigenvalue weighted by atomic mass is 16.5. The van der Waals surface area contributed by atoms with Crippen LogP contribution in [0.4, 0.5) is 0 Å². The van der Waals surface area contributed by atoms with Crippen molar-refractivity contribution in [1.82, 2.24) is 4.98 Å². The van der Waals surface area contributed by atoms with Gasteiger partial charge in [0.15, 0.2) is 0 Å². The molecule has 0 bridgehead atoms. The number of pyridine rings is 1. The van der Waals surface area contributed by atoms with Gasteiger partial charge < -0.3 is 4.74 Å². The SMILES string of the molecule is COc1ccc2ccnc3c2c1-c1ccccc1C3=O. The van der Waals surface area contributed by atoms with Crippen LogP contribution in [0.2, 0.25) is 0 Å². The number of ketones is 1. The number of hydrogen-bond acceptors (Lipinski definition) is 3. The first-order valence-electron chi connectivity index (χ1n) is 6.41. The van der Waals surface area contributed by atoms with Gasteiger partial charge in [0.25, 0.3) is 0 Å². The van der Waals surface area contributed by atoms with Crippen LogP contribution in [-0.4, -0.2) is 17.9 Å². The molecule has 3 heteroatoms. The van der Waals surface area contributed by atoms with Crippen molar-refractivity contribution in [2.75, 3.05) is 7.11 Å². The average Bonchev–Trinajstić information content (AvgIpc) is 2.52. The van der Waals surface area contributed by atoms with E-state index in [0.717, 1.165) is 27.6 Å². The van der Waals surface area contributed by atoms with Gasteiger partial charge in [-0.15, -0.1) is 0 Å². The van der Waals surface area contributed by atoms with Gasteiger partial charge in [-0.1, -0.05) is 30.3 Å². The summed E-state index contributed by atoms with van der Waals surface area (Å²) in [7, 11) is 1.65. The van der Waals surface area contributed by atoms with Crippen molar-refractivity contribution in [1.29, 1.82) is 0 Å². The maximum atomic E-state index is 12.6. The molecule has 2 aromatic carbocycles. The molecule has 0 saturated heterocycles. The molecule has 0 spiro atoms. The maximum absolute atomic E-state index is 12.6. The van der Waals surface area contributed by atoms with Crippen molar-refractivity contribution < 1.29 is 9.53 Å². The molecule has 0 saturated carbocycles. The molecule has 0 aliphatic heterocycles. The molecule has 1 heterocycles. The maximum Gasteiger partial charge on any atom is 0.212 e. The van der Waals surface area contributed by atoms with Crippen LogP contribution < -0.4 is 4.74 Å². The first-order chi connectivity index (χ1) is 9.81. The fraction of sp³-hybridized carbons (Fsp3) is 0.0588. The summed E-state index contributed by atoms with van der Waals surface area (Å²) in [5, 5.41) is 1.89. The normalized spacial score (nSPS) is 12.3. The summed E-state index contributed by atoms with van der Waals surface area (Å²) in [4.78, 5) is 16.9. The Labute approximate surface area is 115 Å². The summed E-state index contributed by atoms with van der Waals surface area (Å²) >= 11 is 0. The first-order valence-corrected chi connectivity index (χ1v) is 6.41. The molecule has 3 nitrogen and oxygen atoms in total. The lowest BCUT2D eigenvalue weighted by Crippen LogP contribution is -2.12. The second kappa shape index (κ2) is 3.90. The quantitative estimate of drug-likeness (QED) is 0.526. The van der Waals surface area contributed by atoms with Crippen LogP contribution in [0.3, 0.4) is 0 Å². The summed E-state index contributed by atoms with van der Waals surface area (Å²) < 4.78 is 5.49. The number of carbonyl (C=O) groups is 1. The minimum atomic E-state index is -0.0213. The van der Waals surface area contributed by atoms with Crippen molar-refractivity contribution in [3.8, 4) is 16.9 Å². The molecule has 96 valence electrons. The van der Waals surface area contributed by atoms with E-state index < -0.39 is 0 Å². The Morgan fingerprint density at radius 1 is 1.00 bits per heavy atom. The van der Waals surface area contributed by atoms with Gasteiger partial charge in [0, 0.05) is 22.7 Å². The van der Waals surface area contributed by atoms with Crippen LogP contribution in [0.25, 0.3) is 21.9 Å². The number of methoxy groups -OCH3 is 1. The Balaban J connectivity index is 2.28. The van der Waals surface area contributed by atoms with E-state index in [1.54, 1.807) is 13.3 Å². The fourth-order valence-electron chi connectivity index (χ4n) is 2.89. The van der Waals surface area contributed by atoms with Crippen molar-refractivity contribution in [2.45, 2.75) is 0 Å². The van der Waals surface area contributed by atoms with Gasteiger partial charge in [-0.2, -0.15) is 0 Å². The number of fused-ring (bicyclic) bond motifs is 2. The third kappa shape index (κ3) is 1.29. The lowest BCUT2D eigenvalue weighted by molar-refractivity contribution is 0.103. The van der Waals surface area contributed by atoms with E-state index in [-0.39, 0.29) is 5.78 Å². The van der Waals surface area contributed by atoms with Crippen LogP contribution in [-0.2, 0) is 0 Å². The van der Waals surface area contributed by atoms with Crippen LogP contribution in [0.15, 0.2) is 48.7 Å². The van der Waals surface area contributed by atoms with Crippen molar-refractivity contribution in [2.24, 2.45) is 0 Å². The van der Waals surface area contributed by atoms with Crippen LogP contribution in [0.1, 0.15) is 16.1 Å². The molecular formula is C17H11NO2. The average molecular weight is 261 g/mol. The van der Waals surface area contributed by atoms with Gasteiger partial charge in [0.1, 0.15) is 11.4 Å². The second-order valence-corrected chi connectivity index (χ2v) is 4.78. The molecular weight excluding hydrogens is 250 g/mol. The van der Waals surface area contributed by atoms with E-state index in [0.29, 0.717) is 11.3 Å². The first kappa shape index (κ1) is 11.2. The van der Waals surface area contributed by atoms with Crippen LogP contribution >= 0.6 is 0 Å². The number of aromatic nitrogens is 1. The van der Waals surface area contributed by atoms with E-state index in [9.17, 15) is 4.79 Å². The number of ether oxygens (including phenoxy) is 1. The number of hydrogen-bond donors (Lipinski definition) is 0. The molecule has 0 atom stereocenters. The molecule has 3 aromatic rings. The van der Waals surface area contributed by atoms with Gasteiger partial charge in [-0.3, -0.25) is 9.78 Å². The molecule has 4 rings (SSSR count). The number of carbonyl (C=O) groups excluding carboxylic acids is 1. The fourth-order valence-corrected chi connectivity index (χ4v) is 2.89. The summed E-state index contributed by atoms with van der Waals surface area (Å²) in [5.74, 6) is 0.749. The molecule has 0 radical (unpaired) electrons. The van der Waals surface area contributed by atoms with E-state index in [2.05, 4.69) is 4.98 Å². The van der Waals surface area contributed by atoms with Gasteiger partial charge in [0.05, 0.1) is 7.11 Å². The zero-order valence-corrected chi connectivity index (χ0v) is 10.9. The molecule has 20 heavy (non-hydrogen) atoms. The third-order valence-corrected chi connectivity index (χ3v) is 3.77. The summed E-state index contributed by atoms with van der Waals surface area (Å²) in [6.07, 6.45) is 1.68. The topological polar surface area (TPSA) is 39.2 Å². The van der Waals surface area contributed by atoms with Crippen molar-refractivity contribution in [3.63, 3.8) is 0 Å². The van der Waals surface area contributed by atoms with Gasteiger partial charge in [-0.05, 0) is 23.1 Å². The molecule has 1 aliphatic rings. The third-order valence-electron chi connectivity index (χ3n) is 3.77. The summed E-state index contributed by atoms with van der Waals surface area (Å²) in [6, 6.07) is 13.4. The van der Waals surface area contributed by atoms with Crippen LogP contribution in [0, 0.1) is 0 Å². The molecule has 0 N–H and O–H groups in total. The minimum absolute atomic E-state index is 0.0213. The van der Waals surface area contributed by atoms with Gasteiger partial charge in [-0.25, -0.2) is 0 Å². The monoisotopic (exact) mass is 261 g/mol. The second-order valence-electron chi connectivity index (χ2n) is 4.78. The number of rotatable bonds is 1. The lowest BCUT2D eigenvalue weighted by atomic mass is 9.85. The van der Waals surface area contributed by atoms with Crippen LogP contribution in [0.5, 0.6) is 5.75 Å². The highest BCUT2D eigenvalue weighted by Gasteiger charge is 2.28. The molecule has 0 unspecified atom stereocenters. The zero-order chi connectivity index (χ0) is 13.7. The zero-order valence-electron chi connectivity index (χ0n) is 10.9. The Kier molecular flexibility index (Phi) is 2.18. The van der Waals surface area contributed by atoms with Gasteiger partial charge >= 0.3 is 0 Å². The highest BCUT2D eigenvalue weighted by Crippen LogP contribution is 2.43. The van der Waals surface area contributed by atoms with Crippen molar-refractivity contribution >= 4 is 16.6 Å². The lowest BCUT2D eigenvalue weighted by Gasteiger charge is -2.20. The van der Waals surface area contributed by atoms with E-state index in [1.165, 1.54) is 0 Å². The largest absolute Gasteiger partial charge is 0.496 e. The number of nitrogens with zero attached hydrogens (tertiary/aromatic N) is 1. The Morgan fingerprint density at radius 2 is 1.80 bits per heavy atom. The van der Waals surface area contributed by atoms with Gasteiger partial charge in [0.2, 0.25) is 5.78 Å². The Morgan fingerprint density at radius 3 is 2.60 bits per heavy atom. The van der Waals surface area contributed by atoms with E-state index in [4.69, 9.17) is 4.74 Å². The Hall–Kier alpha value is -2.68. The standard InChI is InChI=1S/C17H11NO2/c1-20-13-7-6-10-8-9-18-16-14(10)15(13)11-4-2-3-5-12(11)17(16)19/h2-9H,1H3. The summed E-state index contributed by atoms with van der Waals surface area (Å²) in [6.45, 7) is 0. The highest BCUT2D eigenvalue weighted by molar-refractivity contribution is 6.25. The van der Waals surface area contributed by atoms with Crippen molar-refractivity contribution in [3.05, 3.63) is 59.9 Å². The molecule has 1 aliphatic carbocycles. The Bertz CT molecular complexity index is 868. The predicted octanol–water partition coefficient (Wildman–Crippen LogP) is 3.45. The molecule has 0 fully saturated rings. The summed E-state index contributed by atoms with van der Waals surface area (Å²) in [5.41, 5.74) is 3.07. The van der Waals surface area contributed by atoms with E-state index >= 15 is 0 Å².